The third-order valence-electron chi connectivity index (χ3n) is 5.59. The van der Waals surface area contributed by atoms with Crippen LogP contribution in [0.15, 0.2) is 36.7 Å². The second kappa shape index (κ2) is 7.24. The molecule has 2 fully saturated rings. The molecule has 1 saturated carbocycles. The molecule has 1 amide bonds. The molecule has 5 rings (SSSR count). The van der Waals surface area contributed by atoms with E-state index in [1.165, 1.54) is 0 Å². The Bertz CT molecular complexity index is 1070. The van der Waals surface area contributed by atoms with Crippen molar-refractivity contribution >= 4 is 5.91 Å². The maximum atomic E-state index is 12.8. The maximum Gasteiger partial charge on any atom is 0.249 e. The summed E-state index contributed by atoms with van der Waals surface area (Å²) in [6.45, 7) is 1.89. The summed E-state index contributed by atoms with van der Waals surface area (Å²) in [4.78, 5) is 19.5. The summed E-state index contributed by atoms with van der Waals surface area (Å²) in [6, 6.07) is 7.76. The highest BCUT2D eigenvalue weighted by Gasteiger charge is 2.47. The summed E-state index contributed by atoms with van der Waals surface area (Å²) in [5.74, 6) is 2.09. The summed E-state index contributed by atoms with van der Waals surface area (Å²) in [7, 11) is 3.50. The molecule has 0 bridgehead atoms. The van der Waals surface area contributed by atoms with Crippen molar-refractivity contribution in [1.29, 1.82) is 0 Å². The number of methoxy groups -OCH3 is 1. The Morgan fingerprint density at radius 3 is 2.60 bits per heavy atom. The first-order valence-corrected chi connectivity index (χ1v) is 10.0. The van der Waals surface area contributed by atoms with Gasteiger partial charge in [-0.3, -0.25) is 9.48 Å². The number of amides is 1. The molecule has 1 aliphatic heterocycles. The van der Waals surface area contributed by atoms with Crippen LogP contribution in [0.4, 0.5) is 0 Å². The third-order valence-corrected chi connectivity index (χ3v) is 5.59. The summed E-state index contributed by atoms with van der Waals surface area (Å²) >= 11 is 0. The van der Waals surface area contributed by atoms with E-state index in [2.05, 4.69) is 10.2 Å². The van der Waals surface area contributed by atoms with Crippen LogP contribution in [0.1, 0.15) is 42.2 Å². The SMILES string of the molecule is COc1ccc([C@@H]2[C@@H](c3nc(C)nn3-c3cnn(C)c3)OCC(=O)N2C2CC2)cc1. The highest BCUT2D eigenvalue weighted by molar-refractivity contribution is 5.79. The van der Waals surface area contributed by atoms with Gasteiger partial charge < -0.3 is 14.4 Å². The fourth-order valence-corrected chi connectivity index (χ4v) is 4.09. The van der Waals surface area contributed by atoms with Gasteiger partial charge in [-0.1, -0.05) is 12.1 Å². The van der Waals surface area contributed by atoms with Crippen molar-refractivity contribution in [1.82, 2.24) is 29.4 Å². The van der Waals surface area contributed by atoms with Gasteiger partial charge in [0.2, 0.25) is 5.91 Å². The van der Waals surface area contributed by atoms with Crippen LogP contribution in [0, 0.1) is 6.92 Å². The first-order valence-electron chi connectivity index (χ1n) is 10.0. The number of rotatable bonds is 5. The molecule has 2 aliphatic rings. The molecule has 1 aromatic carbocycles. The van der Waals surface area contributed by atoms with E-state index in [9.17, 15) is 4.79 Å². The van der Waals surface area contributed by atoms with E-state index in [1.54, 1.807) is 22.7 Å². The lowest BCUT2D eigenvalue weighted by atomic mass is 9.96. The Morgan fingerprint density at radius 2 is 1.97 bits per heavy atom. The number of benzene rings is 1. The molecule has 0 spiro atoms. The largest absolute Gasteiger partial charge is 0.497 e. The average molecular weight is 408 g/mol. The van der Waals surface area contributed by atoms with Crippen LogP contribution in [0.5, 0.6) is 5.75 Å². The number of ether oxygens (including phenoxy) is 2. The Hall–Kier alpha value is -3.20. The average Bonchev–Trinajstić information content (AvgIpc) is 3.38. The van der Waals surface area contributed by atoms with Crippen molar-refractivity contribution in [2.75, 3.05) is 13.7 Å². The summed E-state index contributed by atoms with van der Waals surface area (Å²) < 4.78 is 14.9. The second-order valence-corrected chi connectivity index (χ2v) is 7.78. The normalized spacial score (nSPS) is 21.8. The Morgan fingerprint density at radius 1 is 1.20 bits per heavy atom. The molecule has 2 atom stereocenters. The van der Waals surface area contributed by atoms with Gasteiger partial charge in [0, 0.05) is 13.1 Å². The Labute approximate surface area is 174 Å². The number of carbonyl (C=O) groups excluding carboxylic acids is 1. The highest BCUT2D eigenvalue weighted by atomic mass is 16.5. The summed E-state index contributed by atoms with van der Waals surface area (Å²) in [6.07, 6.45) is 5.20. The summed E-state index contributed by atoms with van der Waals surface area (Å²) in [5, 5.41) is 8.84. The van der Waals surface area contributed by atoms with Crippen LogP contribution in [0.2, 0.25) is 0 Å². The van der Waals surface area contributed by atoms with Crippen LogP contribution in [-0.4, -0.2) is 55.1 Å². The molecule has 3 heterocycles. The van der Waals surface area contributed by atoms with Crippen LogP contribution in [-0.2, 0) is 16.6 Å². The smallest absolute Gasteiger partial charge is 0.249 e. The molecular weight excluding hydrogens is 384 g/mol. The van der Waals surface area contributed by atoms with Crippen LogP contribution in [0.3, 0.4) is 0 Å². The van der Waals surface area contributed by atoms with E-state index in [1.807, 2.05) is 49.3 Å². The van der Waals surface area contributed by atoms with E-state index >= 15 is 0 Å². The zero-order valence-corrected chi connectivity index (χ0v) is 17.2. The minimum atomic E-state index is -0.446. The number of nitrogens with zero attached hydrogens (tertiary/aromatic N) is 6. The lowest BCUT2D eigenvalue weighted by Crippen LogP contribution is -2.47. The number of hydrogen-bond donors (Lipinski definition) is 0. The molecule has 9 heteroatoms. The Kier molecular flexibility index (Phi) is 4.54. The first-order chi connectivity index (χ1) is 14.5. The lowest BCUT2D eigenvalue weighted by Gasteiger charge is -2.41. The second-order valence-electron chi connectivity index (χ2n) is 7.78. The molecule has 2 aromatic heterocycles. The fraction of sp³-hybridized carbons (Fsp3) is 0.429. The van der Waals surface area contributed by atoms with Crippen LogP contribution >= 0.6 is 0 Å². The van der Waals surface area contributed by atoms with Gasteiger partial charge in [-0.05, 0) is 37.5 Å². The van der Waals surface area contributed by atoms with Crippen molar-refractivity contribution in [2.45, 2.75) is 38.0 Å². The van der Waals surface area contributed by atoms with Gasteiger partial charge in [0.15, 0.2) is 5.82 Å². The van der Waals surface area contributed by atoms with Gasteiger partial charge in [0.1, 0.15) is 30.0 Å². The lowest BCUT2D eigenvalue weighted by molar-refractivity contribution is -0.160. The number of aryl methyl sites for hydroxylation is 2. The fourth-order valence-electron chi connectivity index (χ4n) is 4.09. The Balaban J connectivity index is 1.61. The zero-order valence-electron chi connectivity index (χ0n) is 17.2. The predicted molar refractivity (Wildman–Crippen MR) is 107 cm³/mol. The maximum absolute atomic E-state index is 12.8. The molecule has 1 aliphatic carbocycles. The molecule has 3 aromatic rings. The minimum Gasteiger partial charge on any atom is -0.497 e. The van der Waals surface area contributed by atoms with E-state index < -0.39 is 6.10 Å². The number of aromatic nitrogens is 5. The molecule has 9 nitrogen and oxygen atoms in total. The number of carbonyl (C=O) groups is 1. The third kappa shape index (κ3) is 3.24. The van der Waals surface area contributed by atoms with Gasteiger partial charge in [-0.25, -0.2) is 9.67 Å². The number of morpholine rings is 1. The topological polar surface area (TPSA) is 87.3 Å². The first kappa shape index (κ1) is 18.8. The van der Waals surface area contributed by atoms with Crippen molar-refractivity contribution in [3.63, 3.8) is 0 Å². The van der Waals surface area contributed by atoms with E-state index in [0.29, 0.717) is 11.6 Å². The molecule has 0 unspecified atom stereocenters. The highest BCUT2D eigenvalue weighted by Crippen LogP contribution is 2.45. The van der Waals surface area contributed by atoms with Crippen molar-refractivity contribution < 1.29 is 14.3 Å². The molecule has 30 heavy (non-hydrogen) atoms. The van der Waals surface area contributed by atoms with Crippen molar-refractivity contribution in [3.8, 4) is 11.4 Å². The van der Waals surface area contributed by atoms with Gasteiger partial charge in [0.25, 0.3) is 0 Å². The summed E-state index contributed by atoms with van der Waals surface area (Å²) in [5.41, 5.74) is 1.79. The van der Waals surface area contributed by atoms with E-state index in [-0.39, 0.29) is 24.6 Å². The molecule has 0 radical (unpaired) electrons. The van der Waals surface area contributed by atoms with Gasteiger partial charge in [-0.2, -0.15) is 10.2 Å². The molecule has 1 saturated heterocycles. The van der Waals surface area contributed by atoms with Crippen molar-refractivity contribution in [3.05, 3.63) is 53.9 Å². The van der Waals surface area contributed by atoms with E-state index in [4.69, 9.17) is 14.5 Å². The van der Waals surface area contributed by atoms with Gasteiger partial charge in [0.05, 0.1) is 25.5 Å². The zero-order chi connectivity index (χ0) is 20.8. The van der Waals surface area contributed by atoms with Crippen molar-refractivity contribution in [2.24, 2.45) is 7.05 Å². The van der Waals surface area contributed by atoms with Crippen LogP contribution in [0.25, 0.3) is 5.69 Å². The van der Waals surface area contributed by atoms with Gasteiger partial charge in [-0.15, -0.1) is 0 Å². The predicted octanol–water partition coefficient (Wildman–Crippen LogP) is 2.12. The molecule has 0 N–H and O–H groups in total. The van der Waals surface area contributed by atoms with E-state index in [0.717, 1.165) is 29.8 Å². The monoisotopic (exact) mass is 408 g/mol. The van der Waals surface area contributed by atoms with Crippen LogP contribution < -0.4 is 4.74 Å². The quantitative estimate of drug-likeness (QED) is 0.643. The minimum absolute atomic E-state index is 0.0127. The molecular formula is C21H24N6O3. The standard InChI is InChI=1S/C21H24N6O3/c1-13-23-21(27(24-13)16-10-22-25(2)11-16)20-19(14-4-8-17(29-3)9-5-14)26(15-6-7-15)18(28)12-30-20/h4-5,8-11,15,19-20H,6-7,12H2,1-3H3/t19-,20+/m1/s1. The number of hydrogen-bond acceptors (Lipinski definition) is 6. The van der Waals surface area contributed by atoms with Gasteiger partial charge >= 0.3 is 0 Å². The molecule has 156 valence electrons.